The molecular weight excluding hydrogens is 426 g/mol. The largest absolute Gasteiger partial charge is 0.280 e. The van der Waals surface area contributed by atoms with Crippen LogP contribution in [0.2, 0.25) is 0 Å². The van der Waals surface area contributed by atoms with E-state index in [9.17, 15) is 9.59 Å². The summed E-state index contributed by atoms with van der Waals surface area (Å²) in [6, 6.07) is 0. The first-order valence-corrected chi connectivity index (χ1v) is 13.7. The molecule has 0 fully saturated rings. The van der Waals surface area contributed by atoms with E-state index >= 15 is 0 Å². The van der Waals surface area contributed by atoms with Gasteiger partial charge in [-0.05, 0) is 18.8 Å². The topological polar surface area (TPSA) is 64.8 Å². The zero-order valence-corrected chi connectivity index (χ0v) is 20.5. The van der Waals surface area contributed by atoms with Crippen LogP contribution in [0.3, 0.4) is 0 Å². The molecule has 0 aliphatic heterocycles. The Morgan fingerprint density at radius 3 is 1.71 bits per heavy atom. The Balaban J connectivity index is 1.83. The summed E-state index contributed by atoms with van der Waals surface area (Å²) in [7, 11) is 0. The lowest BCUT2D eigenvalue weighted by atomic mass is 9.94. The second-order valence-corrected chi connectivity index (χ2v) is 10.3. The molecule has 0 saturated heterocycles. The van der Waals surface area contributed by atoms with Crippen molar-refractivity contribution in [2.45, 2.75) is 97.4 Å². The maximum Gasteiger partial charge on any atom is 0.280 e. The average molecular weight is 462 g/mol. The third-order valence-corrected chi connectivity index (χ3v) is 7.93. The van der Waals surface area contributed by atoms with Crippen LogP contribution in [-0.2, 0) is 6.54 Å². The van der Waals surface area contributed by atoms with Crippen LogP contribution in [0, 0.1) is 5.92 Å². The SMILES string of the molecule is CCCCCCCCC(CCCCCC)Cn1c(=O)c2ncsc2c2scnc2c1=O. The third-order valence-electron chi connectivity index (χ3n) is 6.11. The molecule has 5 nitrogen and oxygen atoms in total. The van der Waals surface area contributed by atoms with Gasteiger partial charge in [0.1, 0.15) is 11.0 Å². The lowest BCUT2D eigenvalue weighted by molar-refractivity contribution is 0.351. The van der Waals surface area contributed by atoms with Crippen LogP contribution in [0.15, 0.2) is 20.6 Å². The molecule has 0 saturated carbocycles. The van der Waals surface area contributed by atoms with Crippen molar-refractivity contribution in [3.8, 4) is 0 Å². The Kier molecular flexibility index (Phi) is 9.65. The Hall–Kier alpha value is -1.60. The van der Waals surface area contributed by atoms with Gasteiger partial charge in [0.25, 0.3) is 11.1 Å². The molecule has 3 aromatic rings. The smallest absolute Gasteiger partial charge is 0.271 e. The van der Waals surface area contributed by atoms with Crippen LogP contribution in [0.25, 0.3) is 20.4 Å². The number of hydrogen-bond donors (Lipinski definition) is 0. The summed E-state index contributed by atoms with van der Waals surface area (Å²) in [5, 5.41) is 0. The molecule has 0 spiro atoms. The Bertz CT molecular complexity index is 1000. The second-order valence-electron chi connectivity index (χ2n) is 8.55. The minimum atomic E-state index is -0.257. The summed E-state index contributed by atoms with van der Waals surface area (Å²) < 4.78 is 3.01. The molecule has 3 rings (SSSR count). The highest BCUT2D eigenvalue weighted by molar-refractivity contribution is 7.25. The number of fused-ring (bicyclic) bond motifs is 3. The van der Waals surface area contributed by atoms with Gasteiger partial charge in [-0.1, -0.05) is 78.1 Å². The fraction of sp³-hybridized carbons (Fsp3) is 0.667. The van der Waals surface area contributed by atoms with Crippen molar-refractivity contribution in [1.82, 2.24) is 14.5 Å². The van der Waals surface area contributed by atoms with Crippen LogP contribution in [0.4, 0.5) is 0 Å². The number of hydrogen-bond acceptors (Lipinski definition) is 6. The monoisotopic (exact) mass is 461 g/mol. The van der Waals surface area contributed by atoms with Crippen LogP contribution in [0.1, 0.15) is 90.9 Å². The van der Waals surface area contributed by atoms with Gasteiger partial charge in [0.15, 0.2) is 0 Å². The first kappa shape index (κ1) is 24.1. The lowest BCUT2D eigenvalue weighted by Crippen LogP contribution is -2.33. The molecule has 0 radical (unpaired) electrons. The van der Waals surface area contributed by atoms with Crippen molar-refractivity contribution >= 4 is 43.1 Å². The highest BCUT2D eigenvalue weighted by atomic mass is 32.1. The van der Waals surface area contributed by atoms with Gasteiger partial charge < -0.3 is 0 Å². The standard InChI is InChI=1S/C24H35N3O2S2/c1-3-5-7-9-10-12-14-18(13-11-8-6-4-2)15-27-23(28)19-21(30-16-25-19)22-20(24(27)29)26-17-31-22/h16-18H,3-15H2,1-2H3. The zero-order valence-electron chi connectivity index (χ0n) is 18.9. The molecule has 31 heavy (non-hydrogen) atoms. The van der Waals surface area contributed by atoms with Crippen LogP contribution in [-0.4, -0.2) is 14.5 Å². The fourth-order valence-corrected chi connectivity index (χ4v) is 6.02. The van der Waals surface area contributed by atoms with Gasteiger partial charge in [-0.15, -0.1) is 22.7 Å². The second kappa shape index (κ2) is 12.4. The predicted octanol–water partition coefficient (Wildman–Crippen LogP) is 6.77. The van der Waals surface area contributed by atoms with Crippen LogP contribution < -0.4 is 11.1 Å². The Morgan fingerprint density at radius 2 is 1.19 bits per heavy atom. The summed E-state index contributed by atoms with van der Waals surface area (Å²) >= 11 is 2.83. The normalized spacial score (nSPS) is 12.7. The molecule has 1 unspecified atom stereocenters. The van der Waals surface area contributed by atoms with E-state index in [1.165, 1.54) is 85.0 Å². The molecule has 0 N–H and O–H groups in total. The van der Waals surface area contributed by atoms with E-state index in [-0.39, 0.29) is 11.1 Å². The summed E-state index contributed by atoms with van der Waals surface area (Å²) in [4.78, 5) is 35.1. The van der Waals surface area contributed by atoms with Crippen LogP contribution >= 0.6 is 22.7 Å². The van der Waals surface area contributed by atoms with Crippen LogP contribution in [0.5, 0.6) is 0 Å². The van der Waals surface area contributed by atoms with E-state index in [0.717, 1.165) is 28.7 Å². The average Bonchev–Trinajstić information content (AvgIpc) is 3.43. The molecular formula is C24H35N3O2S2. The highest BCUT2D eigenvalue weighted by Crippen LogP contribution is 2.26. The van der Waals surface area contributed by atoms with Gasteiger partial charge >= 0.3 is 0 Å². The number of nitrogens with zero attached hydrogens (tertiary/aromatic N) is 3. The number of unbranched alkanes of at least 4 members (excludes halogenated alkanes) is 8. The van der Waals surface area contributed by atoms with Gasteiger partial charge in [0.2, 0.25) is 0 Å². The molecule has 0 bridgehead atoms. The molecule has 0 aliphatic carbocycles. The highest BCUT2D eigenvalue weighted by Gasteiger charge is 2.18. The van der Waals surface area contributed by atoms with E-state index in [4.69, 9.17) is 0 Å². The first-order valence-electron chi connectivity index (χ1n) is 11.9. The van der Waals surface area contributed by atoms with E-state index in [0.29, 0.717) is 23.5 Å². The van der Waals surface area contributed by atoms with Gasteiger partial charge in [-0.2, -0.15) is 0 Å². The summed E-state index contributed by atoms with van der Waals surface area (Å²) in [5.74, 6) is 0.346. The molecule has 0 aliphatic rings. The number of thiazole rings is 2. The van der Waals surface area contributed by atoms with E-state index in [2.05, 4.69) is 23.8 Å². The number of aromatic nitrogens is 3. The van der Waals surface area contributed by atoms with E-state index in [1.807, 2.05) is 0 Å². The van der Waals surface area contributed by atoms with Crippen molar-refractivity contribution in [2.75, 3.05) is 0 Å². The predicted molar refractivity (Wildman–Crippen MR) is 134 cm³/mol. The molecule has 3 heterocycles. The van der Waals surface area contributed by atoms with Gasteiger partial charge in [0.05, 0.1) is 20.4 Å². The molecule has 3 aromatic heterocycles. The first-order chi connectivity index (χ1) is 15.2. The molecule has 1 atom stereocenters. The van der Waals surface area contributed by atoms with Crippen molar-refractivity contribution in [1.29, 1.82) is 0 Å². The lowest BCUT2D eigenvalue weighted by Gasteiger charge is -2.17. The minimum Gasteiger partial charge on any atom is -0.271 e. The minimum absolute atomic E-state index is 0.257. The van der Waals surface area contributed by atoms with E-state index < -0.39 is 0 Å². The van der Waals surface area contributed by atoms with Gasteiger partial charge in [0, 0.05) is 6.54 Å². The summed E-state index contributed by atoms with van der Waals surface area (Å²) in [6.45, 7) is 4.94. The summed E-state index contributed by atoms with van der Waals surface area (Å²) in [5.41, 5.74) is 3.69. The third kappa shape index (κ3) is 6.22. The van der Waals surface area contributed by atoms with Crippen molar-refractivity contribution in [3.05, 3.63) is 31.7 Å². The zero-order chi connectivity index (χ0) is 22.1. The Labute approximate surface area is 192 Å². The molecule has 0 aromatic carbocycles. The number of rotatable bonds is 14. The molecule has 0 amide bonds. The maximum atomic E-state index is 13.3. The molecule has 7 heteroatoms. The van der Waals surface area contributed by atoms with E-state index in [1.54, 1.807) is 11.0 Å². The van der Waals surface area contributed by atoms with Gasteiger partial charge in [-0.25, -0.2) is 9.97 Å². The Morgan fingerprint density at radius 1 is 0.742 bits per heavy atom. The quantitative estimate of drug-likeness (QED) is 0.249. The van der Waals surface area contributed by atoms with Gasteiger partial charge in [-0.3, -0.25) is 14.2 Å². The fourth-order valence-electron chi connectivity index (χ4n) is 4.29. The van der Waals surface area contributed by atoms with Crippen molar-refractivity contribution in [3.63, 3.8) is 0 Å². The maximum absolute atomic E-state index is 13.3. The van der Waals surface area contributed by atoms with Crippen molar-refractivity contribution in [2.24, 2.45) is 5.92 Å². The van der Waals surface area contributed by atoms with Crippen molar-refractivity contribution < 1.29 is 0 Å². The molecule has 170 valence electrons. The summed E-state index contributed by atoms with van der Waals surface area (Å²) in [6.07, 6.45) is 14.5.